The summed E-state index contributed by atoms with van der Waals surface area (Å²) in [5.74, 6) is 0. The molecule has 0 heterocycles. The third kappa shape index (κ3) is 1.68. The molecule has 1 heteroatoms. The van der Waals surface area contributed by atoms with Crippen molar-refractivity contribution in [3.8, 4) is 6.07 Å². The van der Waals surface area contributed by atoms with Crippen LogP contribution >= 0.6 is 0 Å². The summed E-state index contributed by atoms with van der Waals surface area (Å²) in [6.07, 6.45) is 2.54. The van der Waals surface area contributed by atoms with Crippen LogP contribution in [0.5, 0.6) is 0 Å². The van der Waals surface area contributed by atoms with E-state index >= 15 is 0 Å². The van der Waals surface area contributed by atoms with E-state index in [9.17, 15) is 0 Å². The molecule has 0 unspecified atom stereocenters. The van der Waals surface area contributed by atoms with Gasteiger partial charge in [-0.3, -0.25) is 0 Å². The first-order valence-corrected chi connectivity index (χ1v) is 3.38. The zero-order valence-electron chi connectivity index (χ0n) is 6.17. The molecule has 1 aromatic rings. The first-order chi connectivity index (χ1) is 5.38. The Morgan fingerprint density at radius 1 is 1.73 bits per heavy atom. The van der Waals surface area contributed by atoms with E-state index in [-0.39, 0.29) is 0 Å². The normalized spacial score (nSPS) is 8.64. The lowest BCUT2D eigenvalue weighted by atomic mass is 10.1. The van der Waals surface area contributed by atoms with E-state index < -0.39 is 0 Å². The van der Waals surface area contributed by atoms with Gasteiger partial charge in [-0.15, -0.1) is 6.58 Å². The van der Waals surface area contributed by atoms with E-state index in [0.717, 1.165) is 12.0 Å². The second-order valence-corrected chi connectivity index (χ2v) is 2.19. The molecule has 0 spiro atoms. The fraction of sp³-hybridized carbons (Fsp3) is 0.100. The molecule has 1 rings (SSSR count). The second-order valence-electron chi connectivity index (χ2n) is 2.19. The van der Waals surface area contributed by atoms with Crippen LogP contribution < -0.4 is 0 Å². The Bertz CT molecular complexity index is 294. The fourth-order valence-electron chi connectivity index (χ4n) is 0.900. The van der Waals surface area contributed by atoms with Crippen molar-refractivity contribution in [3.63, 3.8) is 0 Å². The minimum absolute atomic E-state index is 0.687. The topological polar surface area (TPSA) is 23.8 Å². The highest BCUT2D eigenvalue weighted by molar-refractivity contribution is 5.37. The second kappa shape index (κ2) is 3.58. The molecule has 0 saturated heterocycles. The lowest BCUT2D eigenvalue weighted by molar-refractivity contribution is 1.25. The minimum Gasteiger partial charge on any atom is -0.192 e. The number of hydrogen-bond acceptors (Lipinski definition) is 1. The molecule has 0 N–H and O–H groups in total. The molecule has 0 aliphatic heterocycles. The maximum Gasteiger partial charge on any atom is 0.0994 e. The summed E-state index contributed by atoms with van der Waals surface area (Å²) in [6, 6.07) is 10.3. The molecule has 0 atom stereocenters. The zero-order valence-corrected chi connectivity index (χ0v) is 6.17. The van der Waals surface area contributed by atoms with Gasteiger partial charge in [-0.25, -0.2) is 0 Å². The average Bonchev–Trinajstić information content (AvgIpc) is 2.06. The van der Waals surface area contributed by atoms with Gasteiger partial charge in [0.1, 0.15) is 0 Å². The summed E-state index contributed by atoms with van der Waals surface area (Å²) < 4.78 is 0. The SMILES string of the molecule is C=CCc1cc[c]cc1C#N. The van der Waals surface area contributed by atoms with Gasteiger partial charge in [0.25, 0.3) is 0 Å². The van der Waals surface area contributed by atoms with Gasteiger partial charge < -0.3 is 0 Å². The first-order valence-electron chi connectivity index (χ1n) is 3.38. The predicted molar refractivity (Wildman–Crippen MR) is 43.9 cm³/mol. The maximum absolute atomic E-state index is 8.64. The Kier molecular flexibility index (Phi) is 2.46. The fourth-order valence-corrected chi connectivity index (χ4v) is 0.900. The predicted octanol–water partition coefficient (Wildman–Crippen LogP) is 2.09. The summed E-state index contributed by atoms with van der Waals surface area (Å²) >= 11 is 0. The van der Waals surface area contributed by atoms with Crippen molar-refractivity contribution in [2.75, 3.05) is 0 Å². The smallest absolute Gasteiger partial charge is 0.0994 e. The van der Waals surface area contributed by atoms with E-state index in [1.54, 1.807) is 18.2 Å². The molecule has 0 aliphatic carbocycles. The molecule has 0 amide bonds. The van der Waals surface area contributed by atoms with Crippen molar-refractivity contribution in [3.05, 3.63) is 48.0 Å². The number of nitrogens with zero attached hydrogens (tertiary/aromatic N) is 1. The van der Waals surface area contributed by atoms with Crippen LogP contribution in [0.25, 0.3) is 0 Å². The quantitative estimate of drug-likeness (QED) is 0.580. The lowest BCUT2D eigenvalue weighted by Crippen LogP contribution is -1.85. The van der Waals surface area contributed by atoms with Crippen molar-refractivity contribution in [2.45, 2.75) is 6.42 Å². The van der Waals surface area contributed by atoms with E-state index in [1.165, 1.54) is 0 Å². The lowest BCUT2D eigenvalue weighted by Gasteiger charge is -1.96. The molecule has 0 saturated carbocycles. The minimum atomic E-state index is 0.687. The number of rotatable bonds is 2. The van der Waals surface area contributed by atoms with Crippen molar-refractivity contribution in [2.24, 2.45) is 0 Å². The highest BCUT2D eigenvalue weighted by Gasteiger charge is 1.96. The van der Waals surface area contributed by atoms with Gasteiger partial charge in [0.2, 0.25) is 0 Å². The van der Waals surface area contributed by atoms with Crippen LogP contribution in [-0.2, 0) is 6.42 Å². The number of benzene rings is 1. The Labute approximate surface area is 66.6 Å². The summed E-state index contributed by atoms with van der Waals surface area (Å²) in [5, 5.41) is 8.64. The van der Waals surface area contributed by atoms with Gasteiger partial charge in [-0.2, -0.15) is 5.26 Å². The highest BCUT2D eigenvalue weighted by Crippen LogP contribution is 2.07. The molecule has 1 nitrogen and oxygen atoms in total. The molecule has 0 bridgehead atoms. The van der Waals surface area contributed by atoms with Crippen molar-refractivity contribution < 1.29 is 0 Å². The van der Waals surface area contributed by atoms with Crippen LogP contribution in [0.4, 0.5) is 0 Å². The van der Waals surface area contributed by atoms with Gasteiger partial charge in [-0.05, 0) is 24.1 Å². The standard InChI is InChI=1S/C10H8N/c1-2-5-9-6-3-4-7-10(9)8-11/h2-3,6-7H,1,5H2. The van der Waals surface area contributed by atoms with Crippen LogP contribution in [0.2, 0.25) is 0 Å². The Hall–Kier alpha value is -1.55. The number of hydrogen-bond donors (Lipinski definition) is 0. The van der Waals surface area contributed by atoms with Crippen LogP contribution in [0.15, 0.2) is 30.9 Å². The van der Waals surface area contributed by atoms with E-state index in [1.807, 2.05) is 6.07 Å². The molecule has 0 aliphatic rings. The third-order valence-corrected chi connectivity index (χ3v) is 1.44. The van der Waals surface area contributed by atoms with Crippen LogP contribution in [0.1, 0.15) is 11.1 Å². The molecule has 53 valence electrons. The molecule has 0 aromatic heterocycles. The summed E-state index contributed by atoms with van der Waals surface area (Å²) in [4.78, 5) is 0. The van der Waals surface area contributed by atoms with Crippen LogP contribution in [0.3, 0.4) is 0 Å². The zero-order chi connectivity index (χ0) is 8.10. The number of allylic oxidation sites excluding steroid dienone is 1. The Balaban J connectivity index is 3.04. The van der Waals surface area contributed by atoms with Gasteiger partial charge in [0.05, 0.1) is 11.6 Å². The first kappa shape index (κ1) is 7.56. The monoisotopic (exact) mass is 142 g/mol. The van der Waals surface area contributed by atoms with E-state index in [4.69, 9.17) is 5.26 Å². The van der Waals surface area contributed by atoms with Gasteiger partial charge in [-0.1, -0.05) is 18.2 Å². The molecular weight excluding hydrogens is 134 g/mol. The average molecular weight is 142 g/mol. The summed E-state index contributed by atoms with van der Waals surface area (Å²) in [6.45, 7) is 3.61. The van der Waals surface area contributed by atoms with Gasteiger partial charge >= 0.3 is 0 Å². The highest BCUT2D eigenvalue weighted by atomic mass is 14.2. The summed E-state index contributed by atoms with van der Waals surface area (Å²) in [5.41, 5.74) is 1.70. The van der Waals surface area contributed by atoms with Crippen molar-refractivity contribution in [1.29, 1.82) is 5.26 Å². The van der Waals surface area contributed by atoms with Crippen molar-refractivity contribution >= 4 is 0 Å². The van der Waals surface area contributed by atoms with Gasteiger partial charge in [0, 0.05) is 0 Å². The Morgan fingerprint density at radius 3 is 3.18 bits per heavy atom. The molecule has 1 radical (unpaired) electrons. The summed E-state index contributed by atoms with van der Waals surface area (Å²) in [7, 11) is 0. The molecular formula is C10H8N. The van der Waals surface area contributed by atoms with Crippen molar-refractivity contribution in [1.82, 2.24) is 0 Å². The number of nitriles is 1. The van der Waals surface area contributed by atoms with Gasteiger partial charge in [0.15, 0.2) is 0 Å². The van der Waals surface area contributed by atoms with E-state index in [2.05, 4.69) is 18.7 Å². The molecule has 11 heavy (non-hydrogen) atoms. The molecule has 0 fully saturated rings. The van der Waals surface area contributed by atoms with Crippen LogP contribution in [-0.4, -0.2) is 0 Å². The third-order valence-electron chi connectivity index (χ3n) is 1.44. The largest absolute Gasteiger partial charge is 0.192 e. The van der Waals surface area contributed by atoms with Crippen LogP contribution in [0, 0.1) is 17.4 Å². The maximum atomic E-state index is 8.64. The Morgan fingerprint density at radius 2 is 2.55 bits per heavy atom. The van der Waals surface area contributed by atoms with E-state index in [0.29, 0.717) is 5.56 Å². The molecule has 1 aromatic carbocycles.